The number of rotatable bonds is 4. The van der Waals surface area contributed by atoms with Crippen molar-refractivity contribution in [3.8, 4) is 0 Å². The minimum Gasteiger partial charge on any atom is -0.335 e. The molecule has 1 amide bonds. The number of nitrogens with zero attached hydrogens (tertiary/aromatic N) is 3. The van der Waals surface area contributed by atoms with Crippen LogP contribution in [0.1, 0.15) is 48.5 Å². The summed E-state index contributed by atoms with van der Waals surface area (Å²) in [5, 5.41) is 0. The van der Waals surface area contributed by atoms with E-state index in [4.69, 9.17) is 0 Å². The second-order valence-electron chi connectivity index (χ2n) is 7.58. The van der Waals surface area contributed by atoms with E-state index in [9.17, 15) is 17.6 Å². The lowest BCUT2D eigenvalue weighted by Gasteiger charge is -2.30. The maximum Gasteiger partial charge on any atom is 0.286 e. The predicted octanol–water partition coefficient (Wildman–Crippen LogP) is 3.97. The van der Waals surface area contributed by atoms with Crippen LogP contribution in [0.25, 0.3) is 0 Å². The fraction of sp³-hybridized carbons (Fsp3) is 0.364. The first-order chi connectivity index (χ1) is 14.4. The van der Waals surface area contributed by atoms with Crippen LogP contribution >= 0.6 is 0 Å². The summed E-state index contributed by atoms with van der Waals surface area (Å²) < 4.78 is 43.1. The fourth-order valence-electron chi connectivity index (χ4n) is 3.98. The number of amidine groups is 1. The lowest BCUT2D eigenvalue weighted by Crippen LogP contribution is -2.36. The van der Waals surface area contributed by atoms with Crippen molar-refractivity contribution in [1.29, 1.82) is 0 Å². The number of halogens is 1. The van der Waals surface area contributed by atoms with Crippen molar-refractivity contribution in [3.63, 3.8) is 0 Å². The third-order valence-electron chi connectivity index (χ3n) is 5.53. The van der Waals surface area contributed by atoms with Crippen molar-refractivity contribution in [2.45, 2.75) is 44.0 Å². The maximum atomic E-state index is 13.5. The van der Waals surface area contributed by atoms with E-state index in [1.807, 2.05) is 11.8 Å². The van der Waals surface area contributed by atoms with E-state index < -0.39 is 10.0 Å². The van der Waals surface area contributed by atoms with E-state index in [2.05, 4.69) is 4.40 Å². The van der Waals surface area contributed by atoms with Crippen molar-refractivity contribution in [1.82, 2.24) is 4.90 Å². The van der Waals surface area contributed by atoms with Crippen molar-refractivity contribution in [2.24, 2.45) is 4.40 Å². The number of sulfonamides is 1. The van der Waals surface area contributed by atoms with E-state index in [-0.39, 0.29) is 28.7 Å². The summed E-state index contributed by atoms with van der Waals surface area (Å²) in [6, 6.07) is 10.9. The minimum atomic E-state index is -3.86. The first kappa shape index (κ1) is 20.5. The molecular formula is C22H24FN3O3S. The van der Waals surface area contributed by atoms with Gasteiger partial charge in [-0.25, -0.2) is 4.39 Å². The zero-order chi connectivity index (χ0) is 21.3. The Morgan fingerprint density at radius 2 is 2.00 bits per heavy atom. The molecule has 8 heteroatoms. The zero-order valence-corrected chi connectivity index (χ0v) is 17.7. The van der Waals surface area contributed by atoms with Crippen LogP contribution in [0.15, 0.2) is 51.8 Å². The monoisotopic (exact) mass is 429 g/mol. The standard InChI is InChI=1S/C22H24FN3O3S/c1-2-25(15-16-7-6-8-18(23)13-16)22(27)17-10-11-19-20(14-17)30(28,29)24-21-9-4-3-5-12-26(19)21/h6-8,10-11,13-14H,2-5,9,12,15H2,1H3. The molecule has 0 N–H and O–H groups in total. The summed E-state index contributed by atoms with van der Waals surface area (Å²) in [5.74, 6) is -0.0761. The number of hydrogen-bond acceptors (Lipinski definition) is 4. The average molecular weight is 430 g/mol. The van der Waals surface area contributed by atoms with Gasteiger partial charge in [0.05, 0.1) is 5.69 Å². The van der Waals surface area contributed by atoms with Gasteiger partial charge < -0.3 is 9.80 Å². The normalized spacial score (nSPS) is 17.4. The van der Waals surface area contributed by atoms with Crippen molar-refractivity contribution in [3.05, 3.63) is 59.4 Å². The summed E-state index contributed by atoms with van der Waals surface area (Å²) in [7, 11) is -3.86. The fourth-order valence-corrected chi connectivity index (χ4v) is 5.26. The minimum absolute atomic E-state index is 0.0702. The number of amides is 1. The molecule has 0 unspecified atom stereocenters. The van der Waals surface area contributed by atoms with Gasteiger partial charge in [-0.15, -0.1) is 4.40 Å². The first-order valence-corrected chi connectivity index (χ1v) is 11.6. The Morgan fingerprint density at radius 1 is 1.17 bits per heavy atom. The molecule has 0 atom stereocenters. The van der Waals surface area contributed by atoms with E-state index in [0.717, 1.165) is 25.8 Å². The summed E-state index contributed by atoms with van der Waals surface area (Å²) in [6.45, 7) is 3.20. The van der Waals surface area contributed by atoms with Gasteiger partial charge in [-0.2, -0.15) is 8.42 Å². The Bertz CT molecular complexity index is 1110. The number of benzene rings is 2. The summed E-state index contributed by atoms with van der Waals surface area (Å²) in [4.78, 5) is 16.7. The number of carbonyl (C=O) groups is 1. The summed E-state index contributed by atoms with van der Waals surface area (Å²) in [6.07, 6.45) is 3.56. The molecule has 0 radical (unpaired) electrons. The van der Waals surface area contributed by atoms with E-state index >= 15 is 0 Å². The molecule has 2 aromatic carbocycles. The van der Waals surface area contributed by atoms with Gasteiger partial charge in [-0.1, -0.05) is 18.6 Å². The smallest absolute Gasteiger partial charge is 0.286 e. The quantitative estimate of drug-likeness (QED) is 0.737. The molecule has 1 saturated heterocycles. The Balaban J connectivity index is 1.66. The second kappa shape index (κ2) is 8.18. The molecule has 2 aliphatic heterocycles. The van der Waals surface area contributed by atoms with Crippen molar-refractivity contribution in [2.75, 3.05) is 18.0 Å². The second-order valence-corrected chi connectivity index (χ2v) is 9.15. The number of anilines is 1. The van der Waals surface area contributed by atoms with Crippen LogP contribution in [-0.2, 0) is 16.6 Å². The van der Waals surface area contributed by atoms with Crippen LogP contribution in [0, 0.1) is 5.82 Å². The number of hydrogen-bond donors (Lipinski definition) is 0. The highest BCUT2D eigenvalue weighted by molar-refractivity contribution is 7.90. The Labute approximate surface area is 176 Å². The first-order valence-electron chi connectivity index (χ1n) is 10.2. The lowest BCUT2D eigenvalue weighted by atomic mass is 10.1. The number of fused-ring (bicyclic) bond motifs is 3. The molecule has 2 aliphatic rings. The topological polar surface area (TPSA) is 70.0 Å². The molecule has 2 aromatic rings. The van der Waals surface area contributed by atoms with Crippen LogP contribution < -0.4 is 4.90 Å². The predicted molar refractivity (Wildman–Crippen MR) is 114 cm³/mol. The molecule has 1 fully saturated rings. The molecule has 2 heterocycles. The molecule has 0 bridgehead atoms. The van der Waals surface area contributed by atoms with Gasteiger partial charge >= 0.3 is 0 Å². The Kier molecular flexibility index (Phi) is 5.60. The highest BCUT2D eigenvalue weighted by Gasteiger charge is 2.32. The third-order valence-corrected chi connectivity index (χ3v) is 6.86. The maximum absolute atomic E-state index is 13.5. The van der Waals surface area contributed by atoms with Gasteiger partial charge in [0, 0.05) is 31.6 Å². The van der Waals surface area contributed by atoms with Gasteiger partial charge in [0.2, 0.25) is 0 Å². The Morgan fingerprint density at radius 3 is 2.77 bits per heavy atom. The van der Waals surface area contributed by atoms with Gasteiger partial charge in [0.15, 0.2) is 0 Å². The van der Waals surface area contributed by atoms with E-state index in [0.29, 0.717) is 30.1 Å². The summed E-state index contributed by atoms with van der Waals surface area (Å²) >= 11 is 0. The SMILES string of the molecule is CCN(Cc1cccc(F)c1)C(=O)c1ccc2c(c1)S(=O)(=O)N=C1CCCCCN12. The van der Waals surface area contributed by atoms with Crippen LogP contribution in [-0.4, -0.2) is 38.2 Å². The molecule has 158 valence electrons. The highest BCUT2D eigenvalue weighted by atomic mass is 32.2. The van der Waals surface area contributed by atoms with Crippen molar-refractivity contribution < 1.29 is 17.6 Å². The molecule has 0 saturated carbocycles. The van der Waals surface area contributed by atoms with Crippen LogP contribution in [0.3, 0.4) is 0 Å². The molecule has 30 heavy (non-hydrogen) atoms. The molecule has 0 aliphatic carbocycles. The van der Waals surface area contributed by atoms with Crippen LogP contribution in [0.2, 0.25) is 0 Å². The van der Waals surface area contributed by atoms with Gasteiger partial charge in [-0.05, 0) is 55.7 Å². The Hall–Kier alpha value is -2.74. The average Bonchev–Trinajstić information content (AvgIpc) is 2.96. The molecule has 0 spiro atoms. The summed E-state index contributed by atoms with van der Waals surface area (Å²) in [5.41, 5.74) is 1.55. The molecule has 4 rings (SSSR count). The zero-order valence-electron chi connectivity index (χ0n) is 16.8. The van der Waals surface area contributed by atoms with Crippen LogP contribution in [0.5, 0.6) is 0 Å². The molecule has 0 aromatic heterocycles. The van der Waals surface area contributed by atoms with Gasteiger partial charge in [-0.3, -0.25) is 4.79 Å². The molecular weight excluding hydrogens is 405 g/mol. The highest BCUT2D eigenvalue weighted by Crippen LogP contribution is 2.35. The van der Waals surface area contributed by atoms with Crippen molar-refractivity contribution >= 4 is 27.5 Å². The van der Waals surface area contributed by atoms with Crippen LogP contribution in [0.4, 0.5) is 10.1 Å². The largest absolute Gasteiger partial charge is 0.335 e. The number of carbonyl (C=O) groups excluding carboxylic acids is 1. The lowest BCUT2D eigenvalue weighted by molar-refractivity contribution is 0.0752. The third kappa shape index (κ3) is 3.96. The molecule has 6 nitrogen and oxygen atoms in total. The van der Waals surface area contributed by atoms with Gasteiger partial charge in [0.1, 0.15) is 16.5 Å². The van der Waals surface area contributed by atoms with E-state index in [1.54, 1.807) is 29.2 Å². The van der Waals surface area contributed by atoms with Gasteiger partial charge in [0.25, 0.3) is 15.9 Å². The van der Waals surface area contributed by atoms with E-state index in [1.165, 1.54) is 18.2 Å².